The smallest absolute Gasteiger partial charge is 0.371 e. The molecule has 2 N–H and O–H groups in total. The summed E-state index contributed by atoms with van der Waals surface area (Å²) in [7, 11) is 0. The van der Waals surface area contributed by atoms with Gasteiger partial charge in [0.15, 0.2) is 0 Å². The zero-order chi connectivity index (χ0) is 14.0. The number of hydrogen-bond acceptors (Lipinski definition) is 3. The molecule has 1 aromatic carbocycles. The zero-order valence-electron chi connectivity index (χ0n) is 10.7. The van der Waals surface area contributed by atoms with Gasteiger partial charge in [-0.15, -0.1) is 0 Å². The number of carboxylic acid groups (broad SMARTS) is 1. The molecular weight excluding hydrogens is 310 g/mol. The lowest BCUT2D eigenvalue weighted by molar-refractivity contribution is 0.0661. The third-order valence-corrected chi connectivity index (χ3v) is 3.48. The first-order valence-electron chi connectivity index (χ1n) is 5.80. The van der Waals surface area contributed by atoms with Crippen LogP contribution in [-0.4, -0.2) is 11.1 Å². The lowest BCUT2D eigenvalue weighted by atomic mass is 10.2. The van der Waals surface area contributed by atoms with Gasteiger partial charge in [-0.25, -0.2) is 4.79 Å². The van der Waals surface area contributed by atoms with E-state index in [1.165, 1.54) is 5.56 Å². The van der Waals surface area contributed by atoms with Crippen LogP contribution in [0.3, 0.4) is 0 Å². The Bertz CT molecular complexity index is 619. The van der Waals surface area contributed by atoms with Gasteiger partial charge in [0.05, 0.1) is 0 Å². The molecule has 2 rings (SSSR count). The number of nitrogens with one attached hydrogen (secondary N) is 1. The Hall–Kier alpha value is -1.75. The van der Waals surface area contributed by atoms with Gasteiger partial charge in [-0.2, -0.15) is 0 Å². The van der Waals surface area contributed by atoms with Crippen LogP contribution in [0, 0.1) is 13.8 Å². The van der Waals surface area contributed by atoms with Crippen molar-refractivity contribution in [2.75, 3.05) is 5.32 Å². The summed E-state index contributed by atoms with van der Waals surface area (Å²) < 4.78 is 6.14. The van der Waals surface area contributed by atoms with Gasteiger partial charge in [-0.3, -0.25) is 0 Å². The maximum atomic E-state index is 10.8. The van der Waals surface area contributed by atoms with Crippen LogP contribution in [0.1, 0.15) is 27.4 Å². The van der Waals surface area contributed by atoms with E-state index in [9.17, 15) is 4.79 Å². The number of rotatable bonds is 4. The molecule has 100 valence electrons. The highest BCUT2D eigenvalue weighted by Gasteiger charge is 2.13. The Balaban J connectivity index is 2.12. The summed E-state index contributed by atoms with van der Waals surface area (Å²) in [6.07, 6.45) is 0. The fourth-order valence-electron chi connectivity index (χ4n) is 1.75. The highest BCUT2D eigenvalue weighted by atomic mass is 79.9. The molecule has 0 spiro atoms. The van der Waals surface area contributed by atoms with Crippen molar-refractivity contribution in [2.24, 2.45) is 0 Å². The quantitative estimate of drug-likeness (QED) is 0.893. The van der Waals surface area contributed by atoms with Crippen molar-refractivity contribution in [3.05, 3.63) is 51.4 Å². The van der Waals surface area contributed by atoms with Gasteiger partial charge in [-0.05, 0) is 53.5 Å². The predicted octanol–water partition coefficient (Wildman–Crippen LogP) is 3.97. The molecule has 1 aromatic heterocycles. The third-order valence-electron chi connectivity index (χ3n) is 2.83. The molecular formula is C14H14BrNO3. The largest absolute Gasteiger partial charge is 0.475 e. The van der Waals surface area contributed by atoms with Crippen LogP contribution in [0.2, 0.25) is 0 Å². The minimum Gasteiger partial charge on any atom is -0.475 e. The molecule has 0 bridgehead atoms. The summed E-state index contributed by atoms with van der Waals surface area (Å²) >= 11 is 3.49. The fourth-order valence-corrected chi connectivity index (χ4v) is 2.39. The summed E-state index contributed by atoms with van der Waals surface area (Å²) in [6, 6.07) is 7.56. The first-order valence-corrected chi connectivity index (χ1v) is 6.59. The summed E-state index contributed by atoms with van der Waals surface area (Å²) in [4.78, 5) is 10.8. The maximum absolute atomic E-state index is 10.8. The van der Waals surface area contributed by atoms with Crippen molar-refractivity contribution >= 4 is 27.6 Å². The Labute approximate surface area is 119 Å². The summed E-state index contributed by atoms with van der Waals surface area (Å²) in [6.45, 7) is 4.30. The number of furan rings is 1. The molecule has 0 saturated carbocycles. The van der Waals surface area contributed by atoms with Gasteiger partial charge >= 0.3 is 5.97 Å². The molecule has 0 fully saturated rings. The Morgan fingerprint density at radius 3 is 2.68 bits per heavy atom. The first-order chi connectivity index (χ1) is 8.97. The first kappa shape index (κ1) is 13.7. The Morgan fingerprint density at radius 2 is 2.11 bits per heavy atom. The lowest BCUT2D eigenvalue weighted by Crippen LogP contribution is -2.00. The van der Waals surface area contributed by atoms with E-state index < -0.39 is 5.97 Å². The van der Waals surface area contributed by atoms with Crippen LogP contribution in [0.5, 0.6) is 0 Å². The standard InChI is InChI=1S/C14H14BrNO3/c1-8-3-4-12(11(15)5-8)16-7-10-6-13(14(17)18)19-9(10)2/h3-6,16H,7H2,1-2H3,(H,17,18). The van der Waals surface area contributed by atoms with Crippen molar-refractivity contribution < 1.29 is 14.3 Å². The molecule has 0 radical (unpaired) electrons. The predicted molar refractivity (Wildman–Crippen MR) is 76.6 cm³/mol. The molecule has 4 nitrogen and oxygen atoms in total. The number of benzene rings is 1. The van der Waals surface area contributed by atoms with E-state index in [4.69, 9.17) is 9.52 Å². The second-order valence-electron chi connectivity index (χ2n) is 4.33. The molecule has 0 atom stereocenters. The molecule has 0 saturated heterocycles. The monoisotopic (exact) mass is 323 g/mol. The van der Waals surface area contributed by atoms with Gasteiger partial charge < -0.3 is 14.8 Å². The fraction of sp³-hybridized carbons (Fsp3) is 0.214. The third kappa shape index (κ3) is 3.17. The minimum absolute atomic E-state index is 0.0303. The van der Waals surface area contributed by atoms with Crippen molar-refractivity contribution in [2.45, 2.75) is 20.4 Å². The topological polar surface area (TPSA) is 62.5 Å². The van der Waals surface area contributed by atoms with Gasteiger partial charge in [0, 0.05) is 22.3 Å². The van der Waals surface area contributed by atoms with E-state index in [1.807, 2.05) is 25.1 Å². The zero-order valence-corrected chi connectivity index (χ0v) is 12.2. The molecule has 0 aliphatic rings. The number of aromatic carboxylic acids is 1. The summed E-state index contributed by atoms with van der Waals surface area (Å²) in [5.41, 5.74) is 2.97. The maximum Gasteiger partial charge on any atom is 0.371 e. The lowest BCUT2D eigenvalue weighted by Gasteiger charge is -2.08. The highest BCUT2D eigenvalue weighted by Crippen LogP contribution is 2.24. The van der Waals surface area contributed by atoms with Gasteiger partial charge in [0.1, 0.15) is 5.76 Å². The van der Waals surface area contributed by atoms with Crippen LogP contribution in [0.15, 0.2) is 33.2 Å². The number of halogens is 1. The molecule has 2 aromatic rings. The number of hydrogen-bond donors (Lipinski definition) is 2. The SMILES string of the molecule is Cc1ccc(NCc2cc(C(=O)O)oc2C)c(Br)c1. The number of carboxylic acids is 1. The van der Waals surface area contributed by atoms with E-state index in [1.54, 1.807) is 13.0 Å². The summed E-state index contributed by atoms with van der Waals surface area (Å²) in [5.74, 6) is -0.462. The number of aryl methyl sites for hydroxylation is 2. The van der Waals surface area contributed by atoms with E-state index in [0.717, 1.165) is 15.7 Å². The summed E-state index contributed by atoms with van der Waals surface area (Å²) in [5, 5.41) is 12.1. The minimum atomic E-state index is -1.05. The number of anilines is 1. The Morgan fingerprint density at radius 1 is 1.37 bits per heavy atom. The van der Waals surface area contributed by atoms with Gasteiger partial charge in [-0.1, -0.05) is 6.07 Å². The second kappa shape index (κ2) is 5.48. The molecule has 0 unspecified atom stereocenters. The normalized spacial score (nSPS) is 10.5. The number of carbonyl (C=O) groups is 1. The van der Waals surface area contributed by atoms with E-state index in [-0.39, 0.29) is 5.76 Å². The van der Waals surface area contributed by atoms with Crippen LogP contribution >= 0.6 is 15.9 Å². The van der Waals surface area contributed by atoms with Crippen LogP contribution in [0.4, 0.5) is 5.69 Å². The van der Waals surface area contributed by atoms with E-state index in [2.05, 4.69) is 21.2 Å². The van der Waals surface area contributed by atoms with Gasteiger partial charge in [0.2, 0.25) is 5.76 Å². The second-order valence-corrected chi connectivity index (χ2v) is 5.19. The molecule has 5 heteroatoms. The molecule has 0 aliphatic heterocycles. The highest BCUT2D eigenvalue weighted by molar-refractivity contribution is 9.10. The molecule has 0 aliphatic carbocycles. The van der Waals surface area contributed by atoms with E-state index >= 15 is 0 Å². The van der Waals surface area contributed by atoms with Crippen LogP contribution < -0.4 is 5.32 Å². The molecule has 1 heterocycles. The van der Waals surface area contributed by atoms with E-state index in [0.29, 0.717) is 12.3 Å². The average Bonchev–Trinajstić information content (AvgIpc) is 2.70. The molecule has 0 amide bonds. The van der Waals surface area contributed by atoms with Crippen molar-refractivity contribution in [3.63, 3.8) is 0 Å². The van der Waals surface area contributed by atoms with Crippen LogP contribution in [-0.2, 0) is 6.54 Å². The Kier molecular flexibility index (Phi) is 3.95. The van der Waals surface area contributed by atoms with Gasteiger partial charge in [0.25, 0.3) is 0 Å². The van der Waals surface area contributed by atoms with Crippen molar-refractivity contribution in [1.29, 1.82) is 0 Å². The van der Waals surface area contributed by atoms with Crippen molar-refractivity contribution in [3.8, 4) is 0 Å². The average molecular weight is 324 g/mol. The van der Waals surface area contributed by atoms with Crippen molar-refractivity contribution in [1.82, 2.24) is 0 Å². The molecule has 19 heavy (non-hydrogen) atoms. The van der Waals surface area contributed by atoms with Crippen LogP contribution in [0.25, 0.3) is 0 Å².